The molecule has 0 fully saturated rings. The van der Waals surface area contributed by atoms with Gasteiger partial charge in [0.1, 0.15) is 0 Å². The summed E-state index contributed by atoms with van der Waals surface area (Å²) in [5.74, 6) is 0. The van der Waals surface area contributed by atoms with Crippen molar-refractivity contribution in [2.24, 2.45) is 7.05 Å². The summed E-state index contributed by atoms with van der Waals surface area (Å²) in [7, 11) is 1.85. The lowest BCUT2D eigenvalue weighted by atomic mass is 10.2. The van der Waals surface area contributed by atoms with Gasteiger partial charge in [0.15, 0.2) is 0 Å². The Balaban J connectivity index is 1.96. The van der Waals surface area contributed by atoms with E-state index in [1.807, 2.05) is 51.4 Å². The molecule has 100 valence electrons. The van der Waals surface area contributed by atoms with Crippen molar-refractivity contribution in [2.75, 3.05) is 5.32 Å². The van der Waals surface area contributed by atoms with Crippen molar-refractivity contribution >= 4 is 11.7 Å². The van der Waals surface area contributed by atoms with E-state index >= 15 is 0 Å². The Bertz CT molecular complexity index is 576. The standard InChI is InChI=1S/C14H18N4O/c1-10-6-4-5-7-13(10)17-14(19)16-11(2)12-8-15-18(3)9-12/h4-9,11H,1-3H3,(H2,16,17,19). The third kappa shape index (κ3) is 3.34. The number of carbonyl (C=O) groups excluding carboxylic acids is 1. The van der Waals surface area contributed by atoms with E-state index in [1.54, 1.807) is 10.9 Å². The molecule has 1 aromatic carbocycles. The summed E-state index contributed by atoms with van der Waals surface area (Å²) in [5.41, 5.74) is 2.83. The number of para-hydroxylation sites is 1. The van der Waals surface area contributed by atoms with E-state index in [9.17, 15) is 4.79 Å². The highest BCUT2D eigenvalue weighted by atomic mass is 16.2. The predicted octanol–water partition coefficient (Wildman–Crippen LogP) is 2.61. The van der Waals surface area contributed by atoms with E-state index in [2.05, 4.69) is 15.7 Å². The molecule has 0 saturated heterocycles. The van der Waals surface area contributed by atoms with Crippen LogP contribution in [-0.4, -0.2) is 15.8 Å². The average Bonchev–Trinajstić information content (AvgIpc) is 2.79. The first-order chi connectivity index (χ1) is 9.06. The molecule has 0 bridgehead atoms. The van der Waals surface area contributed by atoms with Crippen molar-refractivity contribution in [1.82, 2.24) is 15.1 Å². The molecule has 5 heteroatoms. The van der Waals surface area contributed by atoms with E-state index in [-0.39, 0.29) is 12.1 Å². The lowest BCUT2D eigenvalue weighted by molar-refractivity contribution is 0.249. The van der Waals surface area contributed by atoms with E-state index in [0.29, 0.717) is 0 Å². The molecule has 5 nitrogen and oxygen atoms in total. The number of hydrogen-bond donors (Lipinski definition) is 2. The zero-order valence-corrected chi connectivity index (χ0v) is 11.3. The number of aryl methyl sites for hydroxylation is 2. The topological polar surface area (TPSA) is 59.0 Å². The van der Waals surface area contributed by atoms with Crippen LogP contribution in [0.5, 0.6) is 0 Å². The van der Waals surface area contributed by atoms with Crippen LogP contribution >= 0.6 is 0 Å². The highest BCUT2D eigenvalue weighted by Gasteiger charge is 2.11. The van der Waals surface area contributed by atoms with Gasteiger partial charge in [0.05, 0.1) is 12.2 Å². The minimum atomic E-state index is -0.217. The summed E-state index contributed by atoms with van der Waals surface area (Å²) in [5, 5.41) is 9.81. The zero-order chi connectivity index (χ0) is 13.8. The van der Waals surface area contributed by atoms with Crippen molar-refractivity contribution in [1.29, 1.82) is 0 Å². The van der Waals surface area contributed by atoms with E-state index in [1.165, 1.54) is 0 Å². The van der Waals surface area contributed by atoms with E-state index in [4.69, 9.17) is 0 Å². The maximum absolute atomic E-state index is 11.9. The Kier molecular flexibility index (Phi) is 3.85. The fourth-order valence-electron chi connectivity index (χ4n) is 1.82. The first kappa shape index (κ1) is 13.1. The van der Waals surface area contributed by atoms with E-state index in [0.717, 1.165) is 16.8 Å². The molecule has 2 rings (SSSR count). The van der Waals surface area contributed by atoms with Crippen molar-refractivity contribution < 1.29 is 4.79 Å². The van der Waals surface area contributed by atoms with Gasteiger partial charge >= 0.3 is 6.03 Å². The molecule has 0 aliphatic carbocycles. The number of aromatic nitrogens is 2. The van der Waals surface area contributed by atoms with Gasteiger partial charge in [0.2, 0.25) is 0 Å². The third-order valence-electron chi connectivity index (χ3n) is 2.97. The lowest BCUT2D eigenvalue weighted by Gasteiger charge is -2.14. The monoisotopic (exact) mass is 258 g/mol. The minimum Gasteiger partial charge on any atom is -0.331 e. The van der Waals surface area contributed by atoms with Crippen LogP contribution in [0.1, 0.15) is 24.1 Å². The molecule has 2 N–H and O–H groups in total. The van der Waals surface area contributed by atoms with Crippen LogP contribution in [0.2, 0.25) is 0 Å². The fraction of sp³-hybridized carbons (Fsp3) is 0.286. The molecule has 0 aliphatic rings. The summed E-state index contributed by atoms with van der Waals surface area (Å²) in [6, 6.07) is 7.37. The van der Waals surface area contributed by atoms with Crippen LogP contribution in [0.15, 0.2) is 36.7 Å². The van der Waals surface area contributed by atoms with Crippen molar-refractivity contribution in [3.63, 3.8) is 0 Å². The maximum Gasteiger partial charge on any atom is 0.319 e. The van der Waals surface area contributed by atoms with Crippen molar-refractivity contribution in [3.05, 3.63) is 47.8 Å². The van der Waals surface area contributed by atoms with Crippen LogP contribution < -0.4 is 10.6 Å². The summed E-state index contributed by atoms with van der Waals surface area (Å²) in [4.78, 5) is 11.9. The second-order valence-electron chi connectivity index (χ2n) is 4.58. The SMILES string of the molecule is Cc1ccccc1NC(=O)NC(C)c1cnn(C)c1. The molecule has 1 aromatic heterocycles. The number of amides is 2. The molecule has 0 radical (unpaired) electrons. The Morgan fingerprint density at radius 1 is 1.37 bits per heavy atom. The first-order valence-corrected chi connectivity index (χ1v) is 6.18. The molecule has 0 saturated carbocycles. The quantitative estimate of drug-likeness (QED) is 0.889. The molecule has 2 aromatic rings. The number of rotatable bonds is 3. The van der Waals surface area contributed by atoms with Crippen molar-refractivity contribution in [3.8, 4) is 0 Å². The molecule has 19 heavy (non-hydrogen) atoms. The summed E-state index contributed by atoms with van der Waals surface area (Å²) < 4.78 is 1.72. The lowest BCUT2D eigenvalue weighted by Crippen LogP contribution is -2.31. The van der Waals surface area contributed by atoms with Gasteiger partial charge in [0.25, 0.3) is 0 Å². The predicted molar refractivity (Wildman–Crippen MR) is 75.0 cm³/mol. The summed E-state index contributed by atoms with van der Waals surface area (Å²) in [6.07, 6.45) is 3.64. The Morgan fingerprint density at radius 2 is 2.11 bits per heavy atom. The minimum absolute atomic E-state index is 0.0854. The number of nitrogens with zero attached hydrogens (tertiary/aromatic N) is 2. The average molecular weight is 258 g/mol. The van der Waals surface area contributed by atoms with E-state index < -0.39 is 0 Å². The van der Waals surface area contributed by atoms with Gasteiger partial charge in [-0.25, -0.2) is 4.79 Å². The summed E-state index contributed by atoms with van der Waals surface area (Å²) >= 11 is 0. The number of urea groups is 1. The van der Waals surface area contributed by atoms with Crippen LogP contribution in [-0.2, 0) is 7.05 Å². The molecule has 1 heterocycles. The Labute approximate surface area is 112 Å². The van der Waals surface area contributed by atoms with Crippen LogP contribution in [0.3, 0.4) is 0 Å². The highest BCUT2D eigenvalue weighted by molar-refractivity contribution is 5.90. The Morgan fingerprint density at radius 3 is 2.74 bits per heavy atom. The van der Waals surface area contributed by atoms with Crippen LogP contribution in [0.25, 0.3) is 0 Å². The van der Waals surface area contributed by atoms with Crippen LogP contribution in [0, 0.1) is 6.92 Å². The molecule has 1 unspecified atom stereocenters. The highest BCUT2D eigenvalue weighted by Crippen LogP contribution is 2.14. The van der Waals surface area contributed by atoms with Crippen LogP contribution in [0.4, 0.5) is 10.5 Å². The van der Waals surface area contributed by atoms with Gasteiger partial charge in [-0.15, -0.1) is 0 Å². The number of carbonyl (C=O) groups is 1. The molecule has 1 atom stereocenters. The largest absolute Gasteiger partial charge is 0.331 e. The normalized spacial score (nSPS) is 11.9. The van der Waals surface area contributed by atoms with Gasteiger partial charge in [-0.05, 0) is 25.5 Å². The maximum atomic E-state index is 11.9. The third-order valence-corrected chi connectivity index (χ3v) is 2.97. The number of anilines is 1. The number of nitrogens with one attached hydrogen (secondary N) is 2. The first-order valence-electron chi connectivity index (χ1n) is 6.18. The second-order valence-corrected chi connectivity index (χ2v) is 4.58. The van der Waals surface area contributed by atoms with Gasteiger partial charge in [-0.2, -0.15) is 5.10 Å². The number of benzene rings is 1. The van der Waals surface area contributed by atoms with Gasteiger partial charge in [-0.1, -0.05) is 18.2 Å². The molecule has 0 aliphatic heterocycles. The smallest absolute Gasteiger partial charge is 0.319 e. The van der Waals surface area contributed by atoms with Gasteiger partial charge in [-0.3, -0.25) is 4.68 Å². The molecular weight excluding hydrogens is 240 g/mol. The number of hydrogen-bond acceptors (Lipinski definition) is 2. The molecule has 2 amide bonds. The van der Waals surface area contributed by atoms with Gasteiger partial charge < -0.3 is 10.6 Å². The summed E-state index contributed by atoms with van der Waals surface area (Å²) in [6.45, 7) is 3.88. The van der Waals surface area contributed by atoms with Gasteiger partial charge in [0, 0.05) is 24.5 Å². The molecular formula is C14H18N4O. The fourth-order valence-corrected chi connectivity index (χ4v) is 1.82. The second kappa shape index (κ2) is 5.56. The Hall–Kier alpha value is -2.30. The zero-order valence-electron chi connectivity index (χ0n) is 11.3. The molecule has 0 spiro atoms. The van der Waals surface area contributed by atoms with Crippen molar-refractivity contribution in [2.45, 2.75) is 19.9 Å².